The number of aromatic nitrogens is 2. The quantitative estimate of drug-likeness (QED) is 0.755. The van der Waals surface area contributed by atoms with E-state index < -0.39 is 6.10 Å². The van der Waals surface area contributed by atoms with Gasteiger partial charge >= 0.3 is 0 Å². The molecule has 0 radical (unpaired) electrons. The minimum atomic E-state index is -0.403. The van der Waals surface area contributed by atoms with Crippen molar-refractivity contribution in [1.29, 1.82) is 5.26 Å². The summed E-state index contributed by atoms with van der Waals surface area (Å²) < 4.78 is 5.30. The van der Waals surface area contributed by atoms with Gasteiger partial charge in [-0.15, -0.1) is 0 Å². The fraction of sp³-hybridized carbons (Fsp3) is 0.545. The van der Waals surface area contributed by atoms with Gasteiger partial charge in [-0.25, -0.2) is 9.97 Å². The maximum atomic E-state index is 8.88. The predicted molar refractivity (Wildman–Crippen MR) is 63.5 cm³/mol. The van der Waals surface area contributed by atoms with Gasteiger partial charge in [0.1, 0.15) is 17.5 Å². The molecule has 2 N–H and O–H groups in total. The van der Waals surface area contributed by atoms with Crippen molar-refractivity contribution in [3.8, 4) is 6.07 Å². The number of nitrogen functional groups attached to an aromatic ring is 1. The number of aryl methyl sites for hydroxylation is 1. The van der Waals surface area contributed by atoms with E-state index in [1.54, 1.807) is 0 Å². The second-order valence-corrected chi connectivity index (χ2v) is 4.04. The van der Waals surface area contributed by atoms with E-state index in [0.29, 0.717) is 24.8 Å². The lowest BCUT2D eigenvalue weighted by atomic mass is 10.2. The van der Waals surface area contributed by atoms with Crippen molar-refractivity contribution >= 4 is 11.6 Å². The smallest absolute Gasteiger partial charge is 0.161 e. The van der Waals surface area contributed by atoms with E-state index in [4.69, 9.17) is 15.7 Å². The van der Waals surface area contributed by atoms with Crippen molar-refractivity contribution in [2.75, 3.05) is 30.3 Å². The van der Waals surface area contributed by atoms with Crippen molar-refractivity contribution in [1.82, 2.24) is 9.97 Å². The van der Waals surface area contributed by atoms with Crippen LogP contribution < -0.4 is 10.6 Å². The van der Waals surface area contributed by atoms with E-state index in [1.807, 2.05) is 18.7 Å². The van der Waals surface area contributed by atoms with Gasteiger partial charge in [0.2, 0.25) is 0 Å². The molecule has 0 aromatic carbocycles. The maximum Gasteiger partial charge on any atom is 0.161 e. The molecule has 1 fully saturated rings. The van der Waals surface area contributed by atoms with Crippen LogP contribution in [0.25, 0.3) is 0 Å². The van der Waals surface area contributed by atoms with Crippen molar-refractivity contribution in [2.24, 2.45) is 0 Å². The standard InChI is InChI=1S/C11H15N5O/c1-7-10(13)14-8(2)15-11(7)16-3-4-17-9(5-12)6-16/h9H,3-4,6H2,1-2H3,(H2,13,14,15). The number of hydrogen-bond donors (Lipinski definition) is 1. The molecule has 0 bridgehead atoms. The molecule has 1 aliphatic heterocycles. The SMILES string of the molecule is Cc1nc(N)c(C)c(N2CCOC(C#N)C2)n1. The van der Waals surface area contributed by atoms with E-state index >= 15 is 0 Å². The molecule has 1 unspecified atom stereocenters. The lowest BCUT2D eigenvalue weighted by molar-refractivity contribution is 0.0761. The molecule has 0 amide bonds. The van der Waals surface area contributed by atoms with Crippen molar-refractivity contribution in [2.45, 2.75) is 20.0 Å². The van der Waals surface area contributed by atoms with Gasteiger partial charge < -0.3 is 15.4 Å². The molecule has 1 atom stereocenters. The van der Waals surface area contributed by atoms with Crippen molar-refractivity contribution in [3.05, 3.63) is 11.4 Å². The molecule has 6 heteroatoms. The molecule has 0 aliphatic carbocycles. The zero-order valence-electron chi connectivity index (χ0n) is 9.97. The van der Waals surface area contributed by atoms with E-state index in [1.165, 1.54) is 0 Å². The van der Waals surface area contributed by atoms with Crippen LogP contribution in [-0.2, 0) is 4.74 Å². The molecular weight excluding hydrogens is 218 g/mol. The summed E-state index contributed by atoms with van der Waals surface area (Å²) in [6.07, 6.45) is -0.403. The highest BCUT2D eigenvalue weighted by molar-refractivity contribution is 5.56. The Balaban J connectivity index is 2.31. The van der Waals surface area contributed by atoms with Crippen LogP contribution in [0.1, 0.15) is 11.4 Å². The molecule has 2 heterocycles. The molecular formula is C11H15N5O. The molecule has 90 valence electrons. The normalized spacial score (nSPS) is 20.1. The number of nitrogens with two attached hydrogens (primary N) is 1. The van der Waals surface area contributed by atoms with Gasteiger partial charge in [0.25, 0.3) is 0 Å². The topological polar surface area (TPSA) is 88.1 Å². The zero-order chi connectivity index (χ0) is 12.4. The number of hydrogen-bond acceptors (Lipinski definition) is 6. The summed E-state index contributed by atoms with van der Waals surface area (Å²) in [6.45, 7) is 5.46. The van der Waals surface area contributed by atoms with Gasteiger partial charge in [-0.05, 0) is 13.8 Å². The van der Waals surface area contributed by atoms with Gasteiger partial charge in [-0.3, -0.25) is 0 Å². The van der Waals surface area contributed by atoms with Crippen molar-refractivity contribution < 1.29 is 4.74 Å². The second-order valence-electron chi connectivity index (χ2n) is 4.04. The minimum absolute atomic E-state index is 0.403. The van der Waals surface area contributed by atoms with Crippen LogP contribution in [0.15, 0.2) is 0 Å². The predicted octanol–water partition coefficient (Wildman–Crippen LogP) is 0.404. The minimum Gasteiger partial charge on any atom is -0.383 e. The Labute approximate surface area is 100 Å². The van der Waals surface area contributed by atoms with Crippen LogP contribution in [0.3, 0.4) is 0 Å². The summed E-state index contributed by atoms with van der Waals surface area (Å²) in [4.78, 5) is 10.5. The van der Waals surface area contributed by atoms with Gasteiger partial charge in [-0.2, -0.15) is 5.26 Å². The summed E-state index contributed by atoms with van der Waals surface area (Å²) in [5.74, 6) is 1.94. The summed E-state index contributed by atoms with van der Waals surface area (Å²) in [7, 11) is 0. The van der Waals surface area contributed by atoms with Crippen LogP contribution in [-0.4, -0.2) is 35.8 Å². The Hall–Kier alpha value is -1.87. The third kappa shape index (κ3) is 2.29. The largest absolute Gasteiger partial charge is 0.383 e. The van der Waals surface area contributed by atoms with Crippen LogP contribution in [0, 0.1) is 25.2 Å². The highest BCUT2D eigenvalue weighted by atomic mass is 16.5. The first-order chi connectivity index (χ1) is 8.11. The molecule has 0 spiro atoms. The van der Waals surface area contributed by atoms with Crippen LogP contribution in [0.5, 0.6) is 0 Å². The van der Waals surface area contributed by atoms with Gasteiger partial charge in [-0.1, -0.05) is 0 Å². The van der Waals surface area contributed by atoms with Crippen molar-refractivity contribution in [3.63, 3.8) is 0 Å². The first-order valence-corrected chi connectivity index (χ1v) is 5.48. The number of anilines is 2. The van der Waals surface area contributed by atoms with E-state index in [9.17, 15) is 0 Å². The maximum absolute atomic E-state index is 8.88. The zero-order valence-corrected chi connectivity index (χ0v) is 9.97. The van der Waals surface area contributed by atoms with Gasteiger partial charge in [0.05, 0.1) is 19.2 Å². The first kappa shape index (κ1) is 11.6. The highest BCUT2D eigenvalue weighted by Crippen LogP contribution is 2.23. The number of ether oxygens (including phenoxy) is 1. The lowest BCUT2D eigenvalue weighted by Gasteiger charge is -2.31. The average molecular weight is 233 g/mol. The Morgan fingerprint density at radius 2 is 2.24 bits per heavy atom. The Morgan fingerprint density at radius 3 is 2.94 bits per heavy atom. The highest BCUT2D eigenvalue weighted by Gasteiger charge is 2.23. The number of nitrogens with zero attached hydrogens (tertiary/aromatic N) is 4. The summed E-state index contributed by atoms with van der Waals surface area (Å²) in [5.41, 5.74) is 6.68. The summed E-state index contributed by atoms with van der Waals surface area (Å²) in [6, 6.07) is 2.11. The molecule has 2 rings (SSSR count). The van der Waals surface area contributed by atoms with Gasteiger partial charge in [0.15, 0.2) is 6.10 Å². The molecule has 17 heavy (non-hydrogen) atoms. The number of nitriles is 1. The molecule has 1 aromatic rings. The Kier molecular flexibility index (Phi) is 3.11. The van der Waals surface area contributed by atoms with Crippen LogP contribution in [0.4, 0.5) is 11.6 Å². The van der Waals surface area contributed by atoms with Gasteiger partial charge in [0, 0.05) is 12.1 Å². The molecule has 0 saturated carbocycles. The van der Waals surface area contributed by atoms with Crippen LogP contribution in [0.2, 0.25) is 0 Å². The van der Waals surface area contributed by atoms with E-state index in [0.717, 1.165) is 17.9 Å². The molecule has 1 aliphatic rings. The first-order valence-electron chi connectivity index (χ1n) is 5.48. The lowest BCUT2D eigenvalue weighted by Crippen LogP contribution is -2.42. The third-order valence-corrected chi connectivity index (χ3v) is 2.78. The van der Waals surface area contributed by atoms with Crippen LogP contribution >= 0.6 is 0 Å². The molecule has 1 aromatic heterocycles. The Morgan fingerprint density at radius 1 is 1.47 bits per heavy atom. The molecule has 1 saturated heterocycles. The monoisotopic (exact) mass is 233 g/mol. The van der Waals surface area contributed by atoms with E-state index in [-0.39, 0.29) is 0 Å². The van der Waals surface area contributed by atoms with E-state index in [2.05, 4.69) is 16.0 Å². The fourth-order valence-electron chi connectivity index (χ4n) is 1.86. The average Bonchev–Trinajstić information content (AvgIpc) is 2.34. The summed E-state index contributed by atoms with van der Waals surface area (Å²) >= 11 is 0. The second kappa shape index (κ2) is 4.55. The number of morpholine rings is 1. The Bertz CT molecular complexity index is 468. The third-order valence-electron chi connectivity index (χ3n) is 2.78. The number of rotatable bonds is 1. The summed E-state index contributed by atoms with van der Waals surface area (Å²) in [5, 5.41) is 8.88. The fourth-order valence-corrected chi connectivity index (χ4v) is 1.86. The molecule has 6 nitrogen and oxygen atoms in total.